The van der Waals surface area contributed by atoms with Crippen LogP contribution in [0.5, 0.6) is 0 Å². The van der Waals surface area contributed by atoms with E-state index >= 15 is 0 Å². The second-order valence-electron chi connectivity index (χ2n) is 5.65. The van der Waals surface area contributed by atoms with Gasteiger partial charge in [0.15, 0.2) is 0 Å². The number of hydrogen-bond donors (Lipinski definition) is 1. The van der Waals surface area contributed by atoms with Gasteiger partial charge in [-0.1, -0.05) is 6.42 Å². The van der Waals surface area contributed by atoms with Crippen LogP contribution in [0.25, 0.3) is 0 Å². The van der Waals surface area contributed by atoms with Crippen LogP contribution >= 0.6 is 0 Å². The molecule has 1 aliphatic heterocycles. The fraction of sp³-hybridized carbons (Fsp3) is 1.00. The fourth-order valence-electron chi connectivity index (χ4n) is 3.06. The molecule has 1 heterocycles. The zero-order valence-electron chi connectivity index (χ0n) is 11.2. The summed E-state index contributed by atoms with van der Waals surface area (Å²) < 4.78 is 24.4. The molecule has 6 heteroatoms. The van der Waals surface area contributed by atoms with E-state index in [-0.39, 0.29) is 0 Å². The van der Waals surface area contributed by atoms with E-state index in [2.05, 4.69) is 4.90 Å². The number of nitrogens with two attached hydrogens (primary N) is 1. The summed E-state index contributed by atoms with van der Waals surface area (Å²) in [6, 6.07) is 0.391. The SMILES string of the molecule is CS(=O)(=O)N1CCN(CCC2CCCC2N)CC1. The van der Waals surface area contributed by atoms with Crippen molar-refractivity contribution in [2.75, 3.05) is 39.0 Å². The summed E-state index contributed by atoms with van der Waals surface area (Å²) in [5.74, 6) is 0.679. The van der Waals surface area contributed by atoms with Crippen LogP contribution in [-0.4, -0.2) is 62.6 Å². The summed E-state index contributed by atoms with van der Waals surface area (Å²) in [5, 5.41) is 0. The molecule has 2 aliphatic rings. The largest absolute Gasteiger partial charge is 0.327 e. The van der Waals surface area contributed by atoms with Gasteiger partial charge < -0.3 is 10.6 Å². The molecule has 5 nitrogen and oxygen atoms in total. The third-order valence-corrected chi connectivity index (χ3v) is 5.64. The summed E-state index contributed by atoms with van der Waals surface area (Å²) in [6.45, 7) is 4.05. The molecule has 1 saturated carbocycles. The highest BCUT2D eigenvalue weighted by atomic mass is 32.2. The van der Waals surface area contributed by atoms with Crippen LogP contribution in [0, 0.1) is 5.92 Å². The maximum atomic E-state index is 11.4. The van der Waals surface area contributed by atoms with Gasteiger partial charge in [0.05, 0.1) is 6.26 Å². The Kier molecular flexibility index (Phi) is 4.64. The van der Waals surface area contributed by atoms with Crippen molar-refractivity contribution in [1.82, 2.24) is 9.21 Å². The molecular formula is C12H25N3O2S. The van der Waals surface area contributed by atoms with E-state index in [9.17, 15) is 8.42 Å². The highest BCUT2D eigenvalue weighted by Gasteiger charge is 2.26. The second-order valence-corrected chi connectivity index (χ2v) is 7.63. The lowest BCUT2D eigenvalue weighted by Crippen LogP contribution is -2.48. The summed E-state index contributed by atoms with van der Waals surface area (Å²) >= 11 is 0. The number of rotatable bonds is 4. The van der Waals surface area contributed by atoms with E-state index in [1.807, 2.05) is 0 Å². The first-order chi connectivity index (χ1) is 8.47. The molecule has 2 unspecified atom stereocenters. The van der Waals surface area contributed by atoms with E-state index in [1.165, 1.54) is 31.9 Å². The van der Waals surface area contributed by atoms with Gasteiger partial charge in [0, 0.05) is 32.2 Å². The lowest BCUT2D eigenvalue weighted by Gasteiger charge is -2.34. The van der Waals surface area contributed by atoms with Crippen molar-refractivity contribution in [2.45, 2.75) is 31.7 Å². The minimum absolute atomic E-state index is 0.391. The minimum Gasteiger partial charge on any atom is -0.327 e. The smallest absolute Gasteiger partial charge is 0.211 e. The van der Waals surface area contributed by atoms with Gasteiger partial charge in [-0.15, -0.1) is 0 Å². The molecule has 2 fully saturated rings. The van der Waals surface area contributed by atoms with Crippen molar-refractivity contribution in [3.8, 4) is 0 Å². The standard InChI is InChI=1S/C12H25N3O2S/c1-18(16,17)15-9-7-14(8-10-15)6-5-11-3-2-4-12(11)13/h11-12H,2-10,13H2,1H3. The summed E-state index contributed by atoms with van der Waals surface area (Å²) in [7, 11) is -3.00. The fourth-order valence-corrected chi connectivity index (χ4v) is 3.88. The molecule has 0 spiro atoms. The minimum atomic E-state index is -3.00. The molecule has 2 N–H and O–H groups in total. The molecular weight excluding hydrogens is 250 g/mol. The molecule has 0 radical (unpaired) electrons. The van der Waals surface area contributed by atoms with Crippen molar-refractivity contribution in [3.05, 3.63) is 0 Å². The first-order valence-corrected chi connectivity index (χ1v) is 8.75. The van der Waals surface area contributed by atoms with E-state index in [0.29, 0.717) is 25.0 Å². The van der Waals surface area contributed by atoms with Crippen molar-refractivity contribution in [3.63, 3.8) is 0 Å². The normalized spacial score (nSPS) is 31.9. The van der Waals surface area contributed by atoms with Gasteiger partial charge in [0.2, 0.25) is 10.0 Å². The van der Waals surface area contributed by atoms with Gasteiger partial charge in [-0.3, -0.25) is 0 Å². The average Bonchev–Trinajstić information content (AvgIpc) is 2.72. The van der Waals surface area contributed by atoms with Gasteiger partial charge in [-0.05, 0) is 31.7 Å². The molecule has 0 aromatic rings. The zero-order chi connectivity index (χ0) is 13.2. The Bertz CT molecular complexity index is 364. The number of nitrogens with zero attached hydrogens (tertiary/aromatic N) is 2. The first kappa shape index (κ1) is 14.2. The molecule has 0 bridgehead atoms. The monoisotopic (exact) mass is 275 g/mol. The van der Waals surface area contributed by atoms with Crippen LogP contribution in [0.15, 0.2) is 0 Å². The van der Waals surface area contributed by atoms with E-state index < -0.39 is 10.0 Å². The maximum Gasteiger partial charge on any atom is 0.211 e. The summed E-state index contributed by atoms with van der Waals surface area (Å²) in [4.78, 5) is 2.37. The average molecular weight is 275 g/mol. The van der Waals surface area contributed by atoms with Crippen molar-refractivity contribution >= 4 is 10.0 Å². The Morgan fingerprint density at radius 3 is 2.33 bits per heavy atom. The van der Waals surface area contributed by atoms with Crippen LogP contribution in [0.4, 0.5) is 0 Å². The molecule has 1 saturated heterocycles. The van der Waals surface area contributed by atoms with Crippen molar-refractivity contribution in [2.24, 2.45) is 11.7 Å². The highest BCUT2D eigenvalue weighted by Crippen LogP contribution is 2.27. The van der Waals surface area contributed by atoms with Crippen molar-refractivity contribution < 1.29 is 8.42 Å². The molecule has 2 atom stereocenters. The maximum absolute atomic E-state index is 11.4. The zero-order valence-corrected chi connectivity index (χ0v) is 12.0. The van der Waals surface area contributed by atoms with Crippen molar-refractivity contribution in [1.29, 1.82) is 0 Å². The third-order valence-electron chi connectivity index (χ3n) is 4.33. The third kappa shape index (κ3) is 3.66. The van der Waals surface area contributed by atoms with Gasteiger partial charge in [-0.25, -0.2) is 8.42 Å². The summed E-state index contributed by atoms with van der Waals surface area (Å²) in [5.41, 5.74) is 6.07. The quantitative estimate of drug-likeness (QED) is 0.789. The topological polar surface area (TPSA) is 66.6 Å². The summed E-state index contributed by atoms with van der Waals surface area (Å²) in [6.07, 6.45) is 6.17. The molecule has 0 aromatic heterocycles. The number of sulfonamides is 1. The van der Waals surface area contributed by atoms with E-state index in [0.717, 1.165) is 19.6 Å². The number of hydrogen-bond acceptors (Lipinski definition) is 4. The van der Waals surface area contributed by atoms with Crippen LogP contribution in [0.3, 0.4) is 0 Å². The molecule has 1 aliphatic carbocycles. The predicted molar refractivity (Wildman–Crippen MR) is 72.8 cm³/mol. The molecule has 0 aromatic carbocycles. The Morgan fingerprint density at radius 2 is 1.83 bits per heavy atom. The molecule has 106 valence electrons. The molecule has 0 amide bonds. The lowest BCUT2D eigenvalue weighted by atomic mass is 10.00. The van der Waals surface area contributed by atoms with Gasteiger partial charge in [-0.2, -0.15) is 4.31 Å². The van der Waals surface area contributed by atoms with Gasteiger partial charge in [0.1, 0.15) is 0 Å². The Hall–Kier alpha value is -0.170. The lowest BCUT2D eigenvalue weighted by molar-refractivity contribution is 0.177. The highest BCUT2D eigenvalue weighted by molar-refractivity contribution is 7.88. The van der Waals surface area contributed by atoms with E-state index in [4.69, 9.17) is 5.73 Å². The van der Waals surface area contributed by atoms with Gasteiger partial charge >= 0.3 is 0 Å². The molecule has 18 heavy (non-hydrogen) atoms. The Balaban J connectivity index is 1.71. The van der Waals surface area contributed by atoms with Crippen LogP contribution < -0.4 is 5.73 Å². The van der Waals surface area contributed by atoms with E-state index in [1.54, 1.807) is 4.31 Å². The van der Waals surface area contributed by atoms with Crippen LogP contribution in [-0.2, 0) is 10.0 Å². The predicted octanol–water partition coefficient (Wildman–Crippen LogP) is 0.0811. The number of piperazine rings is 1. The Labute approximate surface area is 110 Å². The van der Waals surface area contributed by atoms with Crippen LogP contribution in [0.2, 0.25) is 0 Å². The molecule has 2 rings (SSSR count). The van der Waals surface area contributed by atoms with Gasteiger partial charge in [0.25, 0.3) is 0 Å². The second kappa shape index (κ2) is 5.86. The Morgan fingerprint density at radius 1 is 1.17 bits per heavy atom. The van der Waals surface area contributed by atoms with Crippen LogP contribution in [0.1, 0.15) is 25.7 Å². The first-order valence-electron chi connectivity index (χ1n) is 6.90.